The summed E-state index contributed by atoms with van der Waals surface area (Å²) in [5.41, 5.74) is 4.05. The summed E-state index contributed by atoms with van der Waals surface area (Å²) in [4.78, 5) is 8.76. The first-order chi connectivity index (χ1) is 13.4. The third-order valence-corrected chi connectivity index (χ3v) is 6.17. The van der Waals surface area contributed by atoms with Gasteiger partial charge in [0, 0.05) is 29.4 Å². The second-order valence-electron chi connectivity index (χ2n) is 9.08. The van der Waals surface area contributed by atoms with E-state index in [1.54, 1.807) is 0 Å². The molecule has 0 atom stereocenters. The lowest BCUT2D eigenvalue weighted by Gasteiger charge is -2.33. The van der Waals surface area contributed by atoms with Crippen molar-refractivity contribution in [2.24, 2.45) is 0 Å². The van der Waals surface area contributed by atoms with Gasteiger partial charge in [0.1, 0.15) is 0 Å². The van der Waals surface area contributed by atoms with Gasteiger partial charge >= 0.3 is 0 Å². The van der Waals surface area contributed by atoms with Gasteiger partial charge in [0.05, 0.1) is 5.52 Å². The van der Waals surface area contributed by atoms with Crippen molar-refractivity contribution in [2.45, 2.75) is 51.4 Å². The van der Waals surface area contributed by atoms with Gasteiger partial charge in [-0.2, -0.15) is 0 Å². The molecule has 0 aliphatic heterocycles. The van der Waals surface area contributed by atoms with Crippen LogP contribution < -0.4 is 0 Å². The summed E-state index contributed by atoms with van der Waals surface area (Å²) in [6.45, 7) is 9.43. The minimum absolute atomic E-state index is 0.0839. The van der Waals surface area contributed by atoms with Crippen LogP contribution in [0.25, 0.3) is 21.7 Å². The summed E-state index contributed by atoms with van der Waals surface area (Å²) in [6, 6.07) is 19.6. The van der Waals surface area contributed by atoms with Crippen molar-refractivity contribution >= 4 is 21.7 Å². The molecule has 4 rings (SSSR count). The van der Waals surface area contributed by atoms with E-state index in [-0.39, 0.29) is 10.8 Å². The molecule has 0 saturated carbocycles. The van der Waals surface area contributed by atoms with Crippen molar-refractivity contribution in [1.82, 2.24) is 9.97 Å². The standard InChI is InChI=1S/C26H28N2/c1-25(2,21-11-10-20-18-27-16-12-19(20)17-21)13-14-26(3,4)23-8-5-9-24-22(23)7-6-15-28-24/h5-12,15-18H,13-14H2,1-4H3. The minimum Gasteiger partial charge on any atom is -0.264 e. The highest BCUT2D eigenvalue weighted by atomic mass is 14.6. The van der Waals surface area contributed by atoms with Gasteiger partial charge in [-0.15, -0.1) is 0 Å². The molecule has 0 aliphatic rings. The van der Waals surface area contributed by atoms with Gasteiger partial charge in [-0.05, 0) is 58.4 Å². The predicted molar refractivity (Wildman–Crippen MR) is 119 cm³/mol. The molecule has 2 aromatic carbocycles. The van der Waals surface area contributed by atoms with E-state index in [1.807, 2.05) is 24.7 Å². The van der Waals surface area contributed by atoms with E-state index in [1.165, 1.54) is 27.3 Å². The van der Waals surface area contributed by atoms with Crippen LogP contribution in [0.2, 0.25) is 0 Å². The summed E-state index contributed by atoms with van der Waals surface area (Å²) < 4.78 is 0. The zero-order chi connectivity index (χ0) is 19.8. The van der Waals surface area contributed by atoms with Crippen molar-refractivity contribution < 1.29 is 0 Å². The molecule has 4 aromatic rings. The molecular formula is C26H28N2. The number of rotatable bonds is 5. The number of hydrogen-bond acceptors (Lipinski definition) is 2. The molecule has 0 saturated heterocycles. The number of benzene rings is 2. The summed E-state index contributed by atoms with van der Waals surface area (Å²) >= 11 is 0. The average Bonchev–Trinajstić information content (AvgIpc) is 2.71. The summed E-state index contributed by atoms with van der Waals surface area (Å²) in [6.07, 6.45) is 7.91. The number of hydrogen-bond donors (Lipinski definition) is 0. The Hall–Kier alpha value is -2.74. The highest BCUT2D eigenvalue weighted by Crippen LogP contribution is 2.38. The summed E-state index contributed by atoms with van der Waals surface area (Å²) in [5.74, 6) is 0. The Morgan fingerprint density at radius 3 is 2.43 bits per heavy atom. The van der Waals surface area contributed by atoms with Crippen LogP contribution in [0.4, 0.5) is 0 Å². The van der Waals surface area contributed by atoms with E-state index in [2.05, 4.69) is 86.2 Å². The van der Waals surface area contributed by atoms with Crippen molar-refractivity contribution in [3.63, 3.8) is 0 Å². The Balaban J connectivity index is 1.60. The lowest BCUT2D eigenvalue weighted by Crippen LogP contribution is -2.24. The van der Waals surface area contributed by atoms with E-state index in [4.69, 9.17) is 0 Å². The lowest BCUT2D eigenvalue weighted by molar-refractivity contribution is 0.376. The van der Waals surface area contributed by atoms with E-state index in [0.29, 0.717) is 0 Å². The number of pyridine rings is 2. The number of fused-ring (bicyclic) bond motifs is 2. The zero-order valence-corrected chi connectivity index (χ0v) is 17.2. The van der Waals surface area contributed by atoms with Crippen LogP contribution in [-0.4, -0.2) is 9.97 Å². The molecule has 142 valence electrons. The van der Waals surface area contributed by atoms with Gasteiger partial charge in [-0.1, -0.05) is 64.1 Å². The topological polar surface area (TPSA) is 25.8 Å². The van der Waals surface area contributed by atoms with E-state index >= 15 is 0 Å². The zero-order valence-electron chi connectivity index (χ0n) is 17.2. The van der Waals surface area contributed by atoms with Gasteiger partial charge in [0.25, 0.3) is 0 Å². The average molecular weight is 369 g/mol. The third-order valence-electron chi connectivity index (χ3n) is 6.17. The maximum Gasteiger partial charge on any atom is 0.0704 e. The molecule has 0 unspecified atom stereocenters. The molecule has 2 nitrogen and oxygen atoms in total. The molecule has 0 amide bonds. The second-order valence-corrected chi connectivity index (χ2v) is 9.08. The first-order valence-electron chi connectivity index (χ1n) is 10.1. The molecule has 0 spiro atoms. The SMILES string of the molecule is CC(C)(CCC(C)(C)c1cccc2ncccc12)c1ccc2cnccc2c1. The molecule has 0 fully saturated rings. The van der Waals surface area contributed by atoms with Crippen molar-refractivity contribution in [2.75, 3.05) is 0 Å². The fourth-order valence-corrected chi connectivity index (χ4v) is 4.10. The monoisotopic (exact) mass is 368 g/mol. The Bertz CT molecular complexity index is 1120. The lowest BCUT2D eigenvalue weighted by atomic mass is 9.72. The smallest absolute Gasteiger partial charge is 0.0704 e. The highest BCUT2D eigenvalue weighted by Gasteiger charge is 2.28. The molecule has 0 radical (unpaired) electrons. The van der Waals surface area contributed by atoms with Crippen LogP contribution in [0.3, 0.4) is 0 Å². The fraction of sp³-hybridized carbons (Fsp3) is 0.308. The Morgan fingerprint density at radius 2 is 1.57 bits per heavy atom. The number of aromatic nitrogens is 2. The van der Waals surface area contributed by atoms with E-state index in [9.17, 15) is 0 Å². The van der Waals surface area contributed by atoms with Gasteiger partial charge in [0.2, 0.25) is 0 Å². The molecule has 28 heavy (non-hydrogen) atoms. The summed E-state index contributed by atoms with van der Waals surface area (Å²) in [5, 5.41) is 3.73. The quantitative estimate of drug-likeness (QED) is 0.386. The van der Waals surface area contributed by atoms with Crippen molar-refractivity contribution in [1.29, 1.82) is 0 Å². The highest BCUT2D eigenvalue weighted by molar-refractivity contribution is 5.83. The molecule has 0 aliphatic carbocycles. The maximum absolute atomic E-state index is 4.54. The van der Waals surface area contributed by atoms with E-state index < -0.39 is 0 Å². The summed E-state index contributed by atoms with van der Waals surface area (Å²) in [7, 11) is 0. The molecule has 0 N–H and O–H groups in total. The fourth-order valence-electron chi connectivity index (χ4n) is 4.10. The van der Waals surface area contributed by atoms with Gasteiger partial charge in [-0.3, -0.25) is 9.97 Å². The first-order valence-corrected chi connectivity index (χ1v) is 10.1. The van der Waals surface area contributed by atoms with Crippen LogP contribution in [0.5, 0.6) is 0 Å². The third kappa shape index (κ3) is 3.52. The van der Waals surface area contributed by atoms with E-state index in [0.717, 1.165) is 18.4 Å². The molecule has 2 heterocycles. The largest absolute Gasteiger partial charge is 0.264 e. The van der Waals surface area contributed by atoms with Crippen molar-refractivity contribution in [3.05, 3.63) is 84.3 Å². The first kappa shape index (κ1) is 18.6. The van der Waals surface area contributed by atoms with Crippen LogP contribution in [0.15, 0.2) is 73.2 Å². The second kappa shape index (κ2) is 7.01. The van der Waals surface area contributed by atoms with Crippen LogP contribution in [-0.2, 0) is 10.8 Å². The molecular weight excluding hydrogens is 340 g/mol. The minimum atomic E-state index is 0.0839. The Kier molecular flexibility index (Phi) is 4.66. The van der Waals surface area contributed by atoms with Gasteiger partial charge < -0.3 is 0 Å². The Labute approximate surface area is 167 Å². The van der Waals surface area contributed by atoms with Crippen LogP contribution in [0.1, 0.15) is 51.7 Å². The van der Waals surface area contributed by atoms with Crippen LogP contribution in [0, 0.1) is 0 Å². The van der Waals surface area contributed by atoms with Gasteiger partial charge in [0.15, 0.2) is 0 Å². The van der Waals surface area contributed by atoms with Crippen LogP contribution >= 0.6 is 0 Å². The predicted octanol–water partition coefficient (Wildman–Crippen LogP) is 6.82. The number of nitrogens with zero attached hydrogens (tertiary/aromatic N) is 2. The molecule has 2 aromatic heterocycles. The van der Waals surface area contributed by atoms with Gasteiger partial charge in [-0.25, -0.2) is 0 Å². The van der Waals surface area contributed by atoms with Crippen molar-refractivity contribution in [3.8, 4) is 0 Å². The molecule has 0 bridgehead atoms. The molecule has 2 heteroatoms. The normalized spacial score (nSPS) is 12.6. The maximum atomic E-state index is 4.54. The Morgan fingerprint density at radius 1 is 0.750 bits per heavy atom.